The van der Waals surface area contributed by atoms with Crippen LogP contribution in [-0.4, -0.2) is 46.8 Å². The number of carbonyl (C=O) groups excluding carboxylic acids is 2. The number of ether oxygens (including phenoxy) is 1. The summed E-state index contributed by atoms with van der Waals surface area (Å²) < 4.78 is 19.0. The Morgan fingerprint density at radius 2 is 1.63 bits per heavy atom. The molecular weight excluding hydrogens is 445 g/mol. The predicted molar refractivity (Wildman–Crippen MR) is 130 cm³/mol. The van der Waals surface area contributed by atoms with E-state index in [1.807, 2.05) is 36.1 Å². The fourth-order valence-corrected chi connectivity index (χ4v) is 5.05. The fourth-order valence-electron chi connectivity index (χ4n) is 5.05. The van der Waals surface area contributed by atoms with Crippen molar-refractivity contribution < 1.29 is 18.7 Å². The zero-order valence-electron chi connectivity index (χ0n) is 20.0. The molecule has 35 heavy (non-hydrogen) atoms. The highest BCUT2D eigenvalue weighted by molar-refractivity contribution is 5.96. The van der Waals surface area contributed by atoms with Crippen molar-refractivity contribution in [2.24, 2.45) is 0 Å². The monoisotopic (exact) mass is 473 g/mol. The molecule has 0 unspecified atom stereocenters. The molecule has 1 fully saturated rings. The fraction of sp³-hybridized carbons (Fsp3) is 0.321. The molecule has 2 aliphatic heterocycles. The van der Waals surface area contributed by atoms with Crippen LogP contribution in [0.1, 0.15) is 62.0 Å². The van der Waals surface area contributed by atoms with Crippen molar-refractivity contribution >= 4 is 11.8 Å². The number of pyridine rings is 1. The largest absolute Gasteiger partial charge is 0.494 e. The molecule has 7 heteroatoms. The number of carbonyl (C=O) groups is 2. The van der Waals surface area contributed by atoms with Crippen LogP contribution in [0, 0.1) is 12.7 Å². The summed E-state index contributed by atoms with van der Waals surface area (Å²) in [6, 6.07) is 16.2. The number of piperidine rings is 1. The van der Waals surface area contributed by atoms with E-state index in [1.165, 1.54) is 30.4 Å². The second kappa shape index (κ2) is 9.49. The van der Waals surface area contributed by atoms with Crippen LogP contribution in [0.15, 0.2) is 54.6 Å². The summed E-state index contributed by atoms with van der Waals surface area (Å²) in [6.45, 7) is 4.19. The third kappa shape index (κ3) is 4.50. The van der Waals surface area contributed by atoms with Crippen molar-refractivity contribution in [3.8, 4) is 5.75 Å². The first-order valence-corrected chi connectivity index (χ1v) is 11.9. The van der Waals surface area contributed by atoms with E-state index in [1.54, 1.807) is 11.0 Å². The van der Waals surface area contributed by atoms with E-state index in [0.717, 1.165) is 11.4 Å². The molecule has 0 saturated carbocycles. The SMILES string of the molecule is COc1ccc(C(=O)N2CCC(c3nc(C)ccc3C(=O)N3Cc4ccccc4C3)CC2)cc1F. The third-order valence-corrected chi connectivity index (χ3v) is 6.99. The van der Waals surface area contributed by atoms with E-state index in [0.29, 0.717) is 50.1 Å². The van der Waals surface area contributed by atoms with Gasteiger partial charge in [-0.25, -0.2) is 4.39 Å². The molecule has 5 rings (SSSR count). The quantitative estimate of drug-likeness (QED) is 0.551. The highest BCUT2D eigenvalue weighted by atomic mass is 19.1. The van der Waals surface area contributed by atoms with Gasteiger partial charge >= 0.3 is 0 Å². The molecule has 0 bridgehead atoms. The van der Waals surface area contributed by atoms with E-state index in [9.17, 15) is 14.0 Å². The molecule has 0 atom stereocenters. The highest BCUT2D eigenvalue weighted by Gasteiger charge is 2.31. The van der Waals surface area contributed by atoms with Crippen LogP contribution in [0.5, 0.6) is 5.75 Å². The summed E-state index contributed by atoms with van der Waals surface area (Å²) in [5.41, 5.74) is 5.00. The molecule has 3 aromatic rings. The standard InChI is InChI=1S/C28H28FN3O3/c1-18-7-9-23(28(34)32-16-21-5-3-4-6-22(21)17-32)26(30-18)19-11-13-31(14-12-19)27(33)20-8-10-25(35-2)24(29)15-20/h3-10,15,19H,11-14,16-17H2,1-2H3. The Morgan fingerprint density at radius 3 is 2.26 bits per heavy atom. The van der Waals surface area contributed by atoms with Crippen LogP contribution in [-0.2, 0) is 13.1 Å². The summed E-state index contributed by atoms with van der Waals surface area (Å²) in [6.07, 6.45) is 1.39. The minimum atomic E-state index is -0.551. The molecule has 1 saturated heterocycles. The van der Waals surface area contributed by atoms with Gasteiger partial charge in [-0.15, -0.1) is 0 Å². The van der Waals surface area contributed by atoms with E-state index in [-0.39, 0.29) is 23.5 Å². The maximum atomic E-state index is 14.1. The Kier molecular flexibility index (Phi) is 6.24. The summed E-state index contributed by atoms with van der Waals surface area (Å²) in [7, 11) is 1.39. The molecule has 0 radical (unpaired) electrons. The normalized spacial score (nSPS) is 15.7. The van der Waals surface area contributed by atoms with Gasteiger partial charge in [0.15, 0.2) is 11.6 Å². The van der Waals surface area contributed by atoms with E-state index in [4.69, 9.17) is 9.72 Å². The number of nitrogens with zero attached hydrogens (tertiary/aromatic N) is 3. The van der Waals surface area contributed by atoms with Gasteiger partial charge in [0.1, 0.15) is 0 Å². The Balaban J connectivity index is 1.30. The molecule has 6 nitrogen and oxygen atoms in total. The van der Waals surface area contributed by atoms with E-state index >= 15 is 0 Å². The number of aryl methyl sites for hydroxylation is 1. The number of likely N-dealkylation sites (tertiary alicyclic amines) is 1. The molecule has 2 aromatic carbocycles. The number of halogens is 1. The van der Waals surface area contributed by atoms with Gasteiger partial charge in [-0.05, 0) is 61.2 Å². The lowest BCUT2D eigenvalue weighted by atomic mass is 9.89. The molecule has 3 heterocycles. The molecule has 0 spiro atoms. The number of aromatic nitrogens is 1. The smallest absolute Gasteiger partial charge is 0.256 e. The number of hydrogen-bond acceptors (Lipinski definition) is 4. The van der Waals surface area contributed by atoms with E-state index in [2.05, 4.69) is 12.1 Å². The lowest BCUT2D eigenvalue weighted by molar-refractivity contribution is 0.0702. The Bertz CT molecular complexity index is 1260. The first kappa shape index (κ1) is 23.0. The van der Waals surface area contributed by atoms with Gasteiger partial charge in [0.2, 0.25) is 0 Å². The highest BCUT2D eigenvalue weighted by Crippen LogP contribution is 2.32. The maximum Gasteiger partial charge on any atom is 0.256 e. The lowest BCUT2D eigenvalue weighted by Gasteiger charge is -2.33. The summed E-state index contributed by atoms with van der Waals surface area (Å²) in [4.78, 5) is 34.9. The van der Waals surface area contributed by atoms with Crippen LogP contribution in [0.3, 0.4) is 0 Å². The molecule has 180 valence electrons. The third-order valence-electron chi connectivity index (χ3n) is 6.99. The first-order valence-electron chi connectivity index (χ1n) is 11.9. The van der Waals surface area contributed by atoms with Gasteiger partial charge in [-0.3, -0.25) is 14.6 Å². The summed E-state index contributed by atoms with van der Waals surface area (Å²) in [5.74, 6) is -0.562. The topological polar surface area (TPSA) is 62.7 Å². The van der Waals surface area contributed by atoms with Crippen LogP contribution >= 0.6 is 0 Å². The summed E-state index contributed by atoms with van der Waals surface area (Å²) >= 11 is 0. The molecule has 0 aliphatic carbocycles. The van der Waals surface area contributed by atoms with Crippen molar-refractivity contribution in [3.05, 3.63) is 94.1 Å². The average Bonchev–Trinajstić information content (AvgIpc) is 3.32. The average molecular weight is 474 g/mol. The van der Waals surface area contributed by atoms with Crippen molar-refractivity contribution in [1.29, 1.82) is 0 Å². The van der Waals surface area contributed by atoms with Crippen LogP contribution in [0.25, 0.3) is 0 Å². The first-order chi connectivity index (χ1) is 16.9. The number of rotatable bonds is 4. The minimum absolute atomic E-state index is 0.00378. The van der Waals surface area contributed by atoms with Crippen molar-refractivity contribution in [2.45, 2.75) is 38.8 Å². The summed E-state index contributed by atoms with van der Waals surface area (Å²) in [5, 5.41) is 0. The number of hydrogen-bond donors (Lipinski definition) is 0. The van der Waals surface area contributed by atoms with Gasteiger partial charge in [-0.2, -0.15) is 0 Å². The maximum absolute atomic E-state index is 14.1. The Labute approximate surface area is 204 Å². The van der Waals surface area contributed by atoms with Crippen molar-refractivity contribution in [2.75, 3.05) is 20.2 Å². The molecule has 0 N–H and O–H groups in total. The number of methoxy groups -OCH3 is 1. The van der Waals surface area contributed by atoms with Crippen molar-refractivity contribution in [3.63, 3.8) is 0 Å². The Morgan fingerprint density at radius 1 is 0.943 bits per heavy atom. The molecule has 2 aliphatic rings. The predicted octanol–water partition coefficient (Wildman–Crippen LogP) is 4.71. The molecular formula is C28H28FN3O3. The second-order valence-corrected chi connectivity index (χ2v) is 9.23. The number of benzene rings is 2. The number of amides is 2. The van der Waals surface area contributed by atoms with Gasteiger partial charge in [0, 0.05) is 43.4 Å². The van der Waals surface area contributed by atoms with E-state index < -0.39 is 5.82 Å². The zero-order chi connectivity index (χ0) is 24.5. The lowest BCUT2D eigenvalue weighted by Crippen LogP contribution is -2.38. The van der Waals surface area contributed by atoms with Crippen molar-refractivity contribution in [1.82, 2.24) is 14.8 Å². The molecule has 1 aromatic heterocycles. The van der Waals surface area contributed by atoms with Gasteiger partial charge < -0.3 is 14.5 Å². The minimum Gasteiger partial charge on any atom is -0.494 e. The zero-order valence-corrected chi connectivity index (χ0v) is 20.0. The van der Waals surface area contributed by atoms with Crippen LogP contribution in [0.2, 0.25) is 0 Å². The Hall–Kier alpha value is -3.74. The number of fused-ring (bicyclic) bond motifs is 1. The van der Waals surface area contributed by atoms with Gasteiger partial charge in [0.25, 0.3) is 11.8 Å². The van der Waals surface area contributed by atoms with Gasteiger partial charge in [0.05, 0.1) is 18.4 Å². The van der Waals surface area contributed by atoms with Crippen LogP contribution in [0.4, 0.5) is 4.39 Å². The second-order valence-electron chi connectivity index (χ2n) is 9.23. The van der Waals surface area contributed by atoms with Crippen LogP contribution < -0.4 is 4.74 Å². The van der Waals surface area contributed by atoms with Gasteiger partial charge in [-0.1, -0.05) is 24.3 Å². The molecule has 2 amide bonds.